The number of methoxy groups -OCH3 is 1. The summed E-state index contributed by atoms with van der Waals surface area (Å²) in [6.07, 6.45) is 3.51. The number of rotatable bonds is 8. The monoisotopic (exact) mass is 416 g/mol. The molecule has 0 saturated carbocycles. The van der Waals surface area contributed by atoms with Crippen molar-refractivity contribution in [3.05, 3.63) is 62.4 Å². The first-order valence-electron chi connectivity index (χ1n) is 10.2. The molecule has 3 rings (SSSR count). The zero-order chi connectivity index (χ0) is 21.5. The van der Waals surface area contributed by atoms with Crippen molar-refractivity contribution in [2.45, 2.75) is 32.7 Å². The third-order valence-corrected chi connectivity index (χ3v) is 5.19. The topological polar surface area (TPSA) is 88.8 Å². The minimum atomic E-state index is -0.738. The Morgan fingerprint density at radius 3 is 2.50 bits per heavy atom. The summed E-state index contributed by atoms with van der Waals surface area (Å²) >= 11 is 0. The van der Waals surface area contributed by atoms with Crippen molar-refractivity contribution >= 4 is 5.97 Å². The molecule has 0 atom stereocenters. The van der Waals surface area contributed by atoms with Gasteiger partial charge in [-0.05, 0) is 37.8 Å². The van der Waals surface area contributed by atoms with Gasteiger partial charge in [0.1, 0.15) is 5.56 Å². The van der Waals surface area contributed by atoms with Gasteiger partial charge in [-0.3, -0.25) is 9.36 Å². The Labute approximate surface area is 175 Å². The Hall–Kier alpha value is -2.71. The number of benzene rings is 1. The molecule has 0 unspecified atom stereocenters. The van der Waals surface area contributed by atoms with Crippen LogP contribution in [0.3, 0.4) is 0 Å². The molecule has 1 aliphatic heterocycles. The molecule has 0 aliphatic carbocycles. The molecule has 0 spiro atoms. The molecule has 8 nitrogen and oxygen atoms in total. The lowest BCUT2D eigenvalue weighted by molar-refractivity contribution is 0.0462. The molecule has 1 aliphatic rings. The van der Waals surface area contributed by atoms with Crippen molar-refractivity contribution in [1.29, 1.82) is 0 Å². The fourth-order valence-electron chi connectivity index (χ4n) is 3.45. The van der Waals surface area contributed by atoms with E-state index >= 15 is 0 Å². The standard InChI is InChI=1S/C22H28N2O6/c1-16-4-6-18(7-5-16)24-20(25)19(21(26)30-11-3-10-28-2)15-23(22(24)27)14-17-8-12-29-13-9-17/h4-7,15,17H,3,8-14H2,1-2H3. The first kappa shape index (κ1) is 22.0. The van der Waals surface area contributed by atoms with Crippen molar-refractivity contribution in [3.8, 4) is 5.69 Å². The first-order chi connectivity index (χ1) is 14.5. The molecule has 1 aromatic carbocycles. The number of hydrogen-bond acceptors (Lipinski definition) is 6. The second kappa shape index (κ2) is 10.4. The lowest BCUT2D eigenvalue weighted by Gasteiger charge is -2.23. The molecule has 8 heteroatoms. The SMILES string of the molecule is COCCCOC(=O)c1cn(CC2CCOCC2)c(=O)n(-c2ccc(C)cc2)c1=O. The predicted octanol–water partition coefficient (Wildman–Crippen LogP) is 1.93. The largest absolute Gasteiger partial charge is 0.462 e. The maximum absolute atomic E-state index is 13.1. The molecule has 162 valence electrons. The van der Waals surface area contributed by atoms with Gasteiger partial charge in [-0.2, -0.15) is 0 Å². The van der Waals surface area contributed by atoms with Gasteiger partial charge >= 0.3 is 11.7 Å². The molecular weight excluding hydrogens is 388 g/mol. The summed E-state index contributed by atoms with van der Waals surface area (Å²) in [6.45, 7) is 4.21. The maximum atomic E-state index is 13.1. The van der Waals surface area contributed by atoms with Gasteiger partial charge < -0.3 is 14.2 Å². The van der Waals surface area contributed by atoms with Crippen LogP contribution in [0.25, 0.3) is 5.69 Å². The van der Waals surface area contributed by atoms with E-state index in [-0.39, 0.29) is 18.1 Å². The summed E-state index contributed by atoms with van der Waals surface area (Å²) in [5, 5.41) is 0. The summed E-state index contributed by atoms with van der Waals surface area (Å²) in [7, 11) is 1.56. The maximum Gasteiger partial charge on any atom is 0.345 e. The first-order valence-corrected chi connectivity index (χ1v) is 10.2. The van der Waals surface area contributed by atoms with E-state index in [1.165, 1.54) is 10.8 Å². The van der Waals surface area contributed by atoms with Gasteiger partial charge in [-0.1, -0.05) is 17.7 Å². The molecule has 1 saturated heterocycles. The number of nitrogens with zero attached hydrogens (tertiary/aromatic N) is 2. The Bertz CT molecular complexity index is 971. The van der Waals surface area contributed by atoms with Crippen LogP contribution in [0.2, 0.25) is 0 Å². The molecule has 30 heavy (non-hydrogen) atoms. The molecule has 1 aromatic heterocycles. The van der Waals surface area contributed by atoms with E-state index in [9.17, 15) is 14.4 Å². The van der Waals surface area contributed by atoms with Crippen LogP contribution in [-0.4, -0.2) is 48.6 Å². The highest BCUT2D eigenvalue weighted by Crippen LogP contribution is 2.16. The van der Waals surface area contributed by atoms with Gasteiger partial charge in [0, 0.05) is 46.1 Å². The van der Waals surface area contributed by atoms with Crippen molar-refractivity contribution < 1.29 is 19.0 Å². The molecule has 0 bridgehead atoms. The van der Waals surface area contributed by atoms with Crippen LogP contribution in [0.4, 0.5) is 0 Å². The van der Waals surface area contributed by atoms with E-state index in [1.807, 2.05) is 19.1 Å². The van der Waals surface area contributed by atoms with E-state index < -0.39 is 17.2 Å². The number of carbonyl (C=O) groups excluding carboxylic acids is 1. The van der Waals surface area contributed by atoms with Crippen molar-refractivity contribution in [2.24, 2.45) is 5.92 Å². The number of esters is 1. The quantitative estimate of drug-likeness (QED) is 0.483. The van der Waals surface area contributed by atoms with Crippen LogP contribution in [0, 0.1) is 12.8 Å². The Kier molecular flexibility index (Phi) is 7.59. The van der Waals surface area contributed by atoms with Crippen LogP contribution in [0.15, 0.2) is 40.1 Å². The molecule has 2 aromatic rings. The average Bonchev–Trinajstić information content (AvgIpc) is 2.75. The van der Waals surface area contributed by atoms with Crippen LogP contribution in [0.5, 0.6) is 0 Å². The molecule has 2 heterocycles. The summed E-state index contributed by atoms with van der Waals surface area (Å²) in [6, 6.07) is 7.04. The highest BCUT2D eigenvalue weighted by molar-refractivity contribution is 5.88. The lowest BCUT2D eigenvalue weighted by atomic mass is 10.0. The van der Waals surface area contributed by atoms with Crippen molar-refractivity contribution in [1.82, 2.24) is 9.13 Å². The van der Waals surface area contributed by atoms with Crippen LogP contribution < -0.4 is 11.2 Å². The summed E-state index contributed by atoms with van der Waals surface area (Å²) in [5.41, 5.74) is 0.128. The van der Waals surface area contributed by atoms with E-state index in [0.717, 1.165) is 23.0 Å². The molecule has 0 amide bonds. The van der Waals surface area contributed by atoms with E-state index in [1.54, 1.807) is 19.2 Å². The number of carbonyl (C=O) groups is 1. The smallest absolute Gasteiger partial charge is 0.345 e. The Morgan fingerprint density at radius 1 is 1.13 bits per heavy atom. The molecule has 1 fully saturated rings. The normalized spacial score (nSPS) is 14.6. The lowest BCUT2D eigenvalue weighted by Crippen LogP contribution is -2.42. The zero-order valence-electron chi connectivity index (χ0n) is 17.5. The third kappa shape index (κ3) is 5.25. The van der Waals surface area contributed by atoms with Gasteiger partial charge in [0.05, 0.1) is 12.3 Å². The molecular formula is C22H28N2O6. The fourth-order valence-corrected chi connectivity index (χ4v) is 3.45. The number of hydrogen-bond donors (Lipinski definition) is 0. The van der Waals surface area contributed by atoms with Gasteiger partial charge in [0.25, 0.3) is 5.56 Å². The summed E-state index contributed by atoms with van der Waals surface area (Å²) in [5.74, 6) is -0.497. The summed E-state index contributed by atoms with van der Waals surface area (Å²) in [4.78, 5) is 38.8. The number of aromatic nitrogens is 2. The van der Waals surface area contributed by atoms with E-state index in [4.69, 9.17) is 14.2 Å². The van der Waals surface area contributed by atoms with Crippen LogP contribution in [-0.2, 0) is 20.8 Å². The Balaban J connectivity index is 2.00. The fraction of sp³-hybridized carbons (Fsp3) is 0.500. The number of ether oxygens (including phenoxy) is 3. The minimum absolute atomic E-state index is 0.135. The van der Waals surface area contributed by atoms with Crippen LogP contribution >= 0.6 is 0 Å². The molecule has 0 N–H and O–H groups in total. The third-order valence-electron chi connectivity index (χ3n) is 5.19. The van der Waals surface area contributed by atoms with Crippen LogP contribution in [0.1, 0.15) is 35.2 Å². The minimum Gasteiger partial charge on any atom is -0.462 e. The number of aryl methyl sites for hydroxylation is 1. The highest BCUT2D eigenvalue weighted by Gasteiger charge is 2.22. The molecule has 0 radical (unpaired) electrons. The second-order valence-corrected chi connectivity index (χ2v) is 7.49. The highest BCUT2D eigenvalue weighted by atomic mass is 16.5. The van der Waals surface area contributed by atoms with Crippen molar-refractivity contribution in [3.63, 3.8) is 0 Å². The Morgan fingerprint density at radius 2 is 1.83 bits per heavy atom. The zero-order valence-corrected chi connectivity index (χ0v) is 17.5. The van der Waals surface area contributed by atoms with E-state index in [0.29, 0.717) is 38.5 Å². The van der Waals surface area contributed by atoms with Crippen molar-refractivity contribution in [2.75, 3.05) is 33.5 Å². The average molecular weight is 416 g/mol. The van der Waals surface area contributed by atoms with Gasteiger partial charge in [0.2, 0.25) is 0 Å². The summed E-state index contributed by atoms with van der Waals surface area (Å²) < 4.78 is 18.1. The second-order valence-electron chi connectivity index (χ2n) is 7.49. The van der Waals surface area contributed by atoms with E-state index in [2.05, 4.69) is 0 Å². The van der Waals surface area contributed by atoms with Gasteiger partial charge in [0.15, 0.2) is 0 Å². The van der Waals surface area contributed by atoms with Gasteiger partial charge in [-0.15, -0.1) is 0 Å². The predicted molar refractivity (Wildman–Crippen MR) is 111 cm³/mol. The van der Waals surface area contributed by atoms with Gasteiger partial charge in [-0.25, -0.2) is 14.2 Å².